The third kappa shape index (κ3) is 5.00. The summed E-state index contributed by atoms with van der Waals surface area (Å²) in [5, 5.41) is 1.99. The van der Waals surface area contributed by atoms with Gasteiger partial charge in [0, 0.05) is 10.4 Å². The number of esters is 1. The van der Waals surface area contributed by atoms with Crippen LogP contribution in [0.5, 0.6) is 0 Å². The molecule has 0 fully saturated rings. The minimum atomic E-state index is -0.536. The Bertz CT molecular complexity index is 988. The summed E-state index contributed by atoms with van der Waals surface area (Å²) in [6.45, 7) is 3.46. The van der Waals surface area contributed by atoms with Gasteiger partial charge in [-0.05, 0) is 32.0 Å². The first-order chi connectivity index (χ1) is 12.8. The monoisotopic (exact) mass is 424 g/mol. The van der Waals surface area contributed by atoms with Crippen molar-refractivity contribution in [1.82, 2.24) is 15.0 Å². The molecule has 3 aromatic rings. The zero-order valence-electron chi connectivity index (χ0n) is 14.6. The number of carbonyl (C=O) groups excluding carboxylic acids is 2. The largest absolute Gasteiger partial charge is 0.454 e. The Hall–Kier alpha value is -2.10. The molecule has 1 aromatic carbocycles. The van der Waals surface area contributed by atoms with Gasteiger partial charge in [0.15, 0.2) is 10.4 Å². The third-order valence-corrected chi connectivity index (χ3v) is 6.06. The van der Waals surface area contributed by atoms with Crippen LogP contribution in [0.25, 0.3) is 11.0 Å². The highest BCUT2D eigenvalue weighted by Gasteiger charge is 2.18. The number of carbonyl (C=O) groups is 2. The van der Waals surface area contributed by atoms with Gasteiger partial charge in [0.25, 0.3) is 0 Å². The van der Waals surface area contributed by atoms with Crippen LogP contribution in [0.2, 0.25) is 5.02 Å². The third-order valence-electron chi connectivity index (χ3n) is 3.69. The fourth-order valence-corrected chi connectivity index (χ4v) is 4.37. The molecule has 2 unspecified atom stereocenters. The Balaban J connectivity index is 1.59. The van der Waals surface area contributed by atoms with E-state index in [1.54, 1.807) is 37.4 Å². The number of amides is 1. The molecule has 7 nitrogen and oxygen atoms in total. The van der Waals surface area contributed by atoms with Gasteiger partial charge in [-0.25, -0.2) is 9.97 Å². The zero-order chi connectivity index (χ0) is 19.6. The SMILES string of the molecule is CC(Sc1nc(CC(=O)OC(C)c2nc3ccc(Cl)cc3[nH]2)cs1)C(N)=O. The molecule has 3 N–H and O–H groups in total. The number of hydrogen-bond acceptors (Lipinski definition) is 7. The lowest BCUT2D eigenvalue weighted by Crippen LogP contribution is -2.22. The molecule has 0 saturated heterocycles. The molecule has 0 aliphatic rings. The van der Waals surface area contributed by atoms with Crippen LogP contribution in [0.1, 0.15) is 31.5 Å². The molecule has 0 radical (unpaired) electrons. The predicted molar refractivity (Wildman–Crippen MR) is 106 cm³/mol. The highest BCUT2D eigenvalue weighted by atomic mass is 35.5. The van der Waals surface area contributed by atoms with E-state index in [2.05, 4.69) is 15.0 Å². The minimum absolute atomic E-state index is 0.0401. The number of hydrogen-bond donors (Lipinski definition) is 2. The van der Waals surface area contributed by atoms with E-state index in [1.807, 2.05) is 0 Å². The lowest BCUT2D eigenvalue weighted by Gasteiger charge is -2.10. The number of aromatic amines is 1. The summed E-state index contributed by atoms with van der Waals surface area (Å²) in [5.74, 6) is -0.270. The van der Waals surface area contributed by atoms with Gasteiger partial charge < -0.3 is 15.5 Å². The van der Waals surface area contributed by atoms with Crippen molar-refractivity contribution in [2.45, 2.75) is 36.0 Å². The first-order valence-corrected chi connectivity index (χ1v) is 10.2. The number of rotatable bonds is 7. The Morgan fingerprint density at radius 2 is 2.15 bits per heavy atom. The summed E-state index contributed by atoms with van der Waals surface area (Å²) in [5.41, 5.74) is 7.37. The van der Waals surface area contributed by atoms with E-state index in [1.165, 1.54) is 23.1 Å². The van der Waals surface area contributed by atoms with Crippen LogP contribution in [-0.2, 0) is 20.7 Å². The summed E-state index contributed by atoms with van der Waals surface area (Å²) in [7, 11) is 0. The fourth-order valence-electron chi connectivity index (χ4n) is 2.27. The first-order valence-electron chi connectivity index (χ1n) is 8.07. The van der Waals surface area contributed by atoms with Crippen molar-refractivity contribution in [2.75, 3.05) is 0 Å². The van der Waals surface area contributed by atoms with E-state index in [9.17, 15) is 9.59 Å². The maximum absolute atomic E-state index is 12.2. The number of primary amides is 1. The van der Waals surface area contributed by atoms with E-state index in [0.717, 1.165) is 11.0 Å². The smallest absolute Gasteiger partial charge is 0.312 e. The summed E-state index contributed by atoms with van der Waals surface area (Å²) in [6, 6.07) is 5.32. The molecule has 0 saturated carbocycles. The number of imidazole rings is 1. The molecule has 0 bridgehead atoms. The topological polar surface area (TPSA) is 111 Å². The van der Waals surface area contributed by atoms with Crippen LogP contribution in [0, 0.1) is 0 Å². The van der Waals surface area contributed by atoms with Crippen LogP contribution in [0.15, 0.2) is 27.9 Å². The molecule has 2 aromatic heterocycles. The van der Waals surface area contributed by atoms with Gasteiger partial charge in [-0.15, -0.1) is 11.3 Å². The van der Waals surface area contributed by atoms with E-state index in [-0.39, 0.29) is 11.7 Å². The zero-order valence-corrected chi connectivity index (χ0v) is 17.0. The summed E-state index contributed by atoms with van der Waals surface area (Å²) in [6.07, 6.45) is -0.496. The minimum Gasteiger partial charge on any atom is -0.454 e. The van der Waals surface area contributed by atoms with Crippen LogP contribution < -0.4 is 5.73 Å². The summed E-state index contributed by atoms with van der Waals surface area (Å²) < 4.78 is 6.13. The molecular weight excluding hydrogens is 408 g/mol. The van der Waals surface area contributed by atoms with Crippen molar-refractivity contribution in [3.05, 3.63) is 40.1 Å². The van der Waals surface area contributed by atoms with E-state index < -0.39 is 18.0 Å². The second-order valence-electron chi connectivity index (χ2n) is 5.86. The van der Waals surface area contributed by atoms with Crippen molar-refractivity contribution >= 4 is 57.6 Å². The molecule has 27 heavy (non-hydrogen) atoms. The molecule has 2 atom stereocenters. The molecule has 1 amide bonds. The van der Waals surface area contributed by atoms with Crippen molar-refractivity contribution in [2.24, 2.45) is 5.73 Å². The number of H-pyrrole nitrogens is 1. The van der Waals surface area contributed by atoms with Gasteiger partial charge in [-0.1, -0.05) is 23.4 Å². The molecule has 3 rings (SSSR count). The van der Waals surface area contributed by atoms with Gasteiger partial charge in [0.05, 0.1) is 28.4 Å². The van der Waals surface area contributed by atoms with E-state index in [4.69, 9.17) is 22.1 Å². The molecule has 2 heterocycles. The molecule has 0 aliphatic heterocycles. The molecule has 0 aliphatic carbocycles. The van der Waals surface area contributed by atoms with Crippen molar-refractivity contribution < 1.29 is 14.3 Å². The molecule has 0 spiro atoms. The number of ether oxygens (including phenoxy) is 1. The lowest BCUT2D eigenvalue weighted by atomic mass is 10.3. The fraction of sp³-hybridized carbons (Fsp3) is 0.294. The van der Waals surface area contributed by atoms with E-state index >= 15 is 0 Å². The maximum Gasteiger partial charge on any atom is 0.312 e. The van der Waals surface area contributed by atoms with Crippen LogP contribution in [0.4, 0.5) is 0 Å². The Labute approximate surface area is 168 Å². The number of nitrogens with zero attached hydrogens (tertiary/aromatic N) is 2. The normalized spacial score (nSPS) is 13.4. The van der Waals surface area contributed by atoms with Crippen LogP contribution in [-0.4, -0.2) is 32.1 Å². The van der Waals surface area contributed by atoms with Crippen LogP contribution in [0.3, 0.4) is 0 Å². The van der Waals surface area contributed by atoms with Crippen molar-refractivity contribution in [3.63, 3.8) is 0 Å². The number of halogens is 1. The lowest BCUT2D eigenvalue weighted by molar-refractivity contribution is -0.148. The number of benzene rings is 1. The highest BCUT2D eigenvalue weighted by molar-refractivity contribution is 8.02. The Morgan fingerprint density at radius 3 is 2.89 bits per heavy atom. The summed E-state index contributed by atoms with van der Waals surface area (Å²) >= 11 is 8.60. The number of nitrogens with two attached hydrogens (primary N) is 1. The highest BCUT2D eigenvalue weighted by Crippen LogP contribution is 2.27. The number of thiazole rings is 1. The predicted octanol–water partition coefficient (Wildman–Crippen LogP) is 3.49. The van der Waals surface area contributed by atoms with Gasteiger partial charge in [0.1, 0.15) is 5.82 Å². The second-order valence-corrected chi connectivity index (χ2v) is 8.74. The van der Waals surface area contributed by atoms with E-state index in [0.29, 0.717) is 20.9 Å². The number of aromatic nitrogens is 3. The van der Waals surface area contributed by atoms with Crippen molar-refractivity contribution in [1.29, 1.82) is 0 Å². The van der Waals surface area contributed by atoms with Gasteiger partial charge in [-0.3, -0.25) is 9.59 Å². The average molecular weight is 425 g/mol. The number of thioether (sulfide) groups is 1. The maximum atomic E-state index is 12.2. The van der Waals surface area contributed by atoms with Crippen LogP contribution >= 0.6 is 34.7 Å². The second kappa shape index (κ2) is 8.28. The number of fused-ring (bicyclic) bond motifs is 1. The summed E-state index contributed by atoms with van der Waals surface area (Å²) in [4.78, 5) is 35.2. The van der Waals surface area contributed by atoms with Gasteiger partial charge >= 0.3 is 5.97 Å². The quantitative estimate of drug-likeness (QED) is 0.443. The standard InChI is InChI=1S/C17H17ClN4O3S2/c1-8(16-21-12-4-3-10(18)5-13(12)22-16)25-14(23)6-11-7-26-17(20-11)27-9(2)15(19)24/h3-5,7-9H,6H2,1-2H3,(H2,19,24)(H,21,22). The molecule has 10 heteroatoms. The average Bonchev–Trinajstić information content (AvgIpc) is 3.20. The van der Waals surface area contributed by atoms with Gasteiger partial charge in [-0.2, -0.15) is 0 Å². The molecular formula is C17H17ClN4O3S2. The Morgan fingerprint density at radius 1 is 1.37 bits per heavy atom. The van der Waals surface area contributed by atoms with Crippen molar-refractivity contribution in [3.8, 4) is 0 Å². The first kappa shape index (κ1) is 19.7. The molecule has 142 valence electrons. The van der Waals surface area contributed by atoms with Gasteiger partial charge in [0.2, 0.25) is 5.91 Å². The Kier molecular flexibility index (Phi) is 6.03. The number of nitrogens with one attached hydrogen (secondary N) is 1.